The van der Waals surface area contributed by atoms with Gasteiger partial charge >= 0.3 is 0 Å². The van der Waals surface area contributed by atoms with Crippen LogP contribution in [0.25, 0.3) is 0 Å². The maximum atomic E-state index is 6.78. The molecule has 0 radical (unpaired) electrons. The van der Waals surface area contributed by atoms with E-state index in [-0.39, 0.29) is 4.87 Å². The second-order valence-corrected chi connectivity index (χ2v) is 6.99. The van der Waals surface area contributed by atoms with Crippen LogP contribution in [0.3, 0.4) is 0 Å². The maximum absolute atomic E-state index is 6.78. The minimum absolute atomic E-state index is 0.121. The molecule has 2 heteroatoms. The lowest BCUT2D eigenvalue weighted by molar-refractivity contribution is 0.0885. The van der Waals surface area contributed by atoms with Crippen molar-refractivity contribution in [3.8, 4) is 0 Å². The van der Waals surface area contributed by atoms with Crippen LogP contribution < -0.4 is 0 Å². The van der Waals surface area contributed by atoms with E-state index < -0.39 is 0 Å². The van der Waals surface area contributed by atoms with Crippen LogP contribution in [0.5, 0.6) is 0 Å². The van der Waals surface area contributed by atoms with E-state index in [0.717, 1.165) is 11.8 Å². The monoisotopic (exact) mass is 258 g/mol. The predicted octanol–water partition coefficient (Wildman–Crippen LogP) is 4.75. The fourth-order valence-electron chi connectivity index (χ4n) is 4.07. The van der Waals surface area contributed by atoms with E-state index >= 15 is 0 Å². The van der Waals surface area contributed by atoms with Gasteiger partial charge in [-0.2, -0.15) is 0 Å². The molecule has 90 valence electrons. The Morgan fingerprint density at radius 2 is 2.06 bits per heavy atom. The molecule has 0 nitrogen and oxygen atoms in total. The number of hydrogen-bond acceptors (Lipinski definition) is 0. The Hall–Kier alpha value is 0.320. The van der Waals surface area contributed by atoms with Gasteiger partial charge in [0, 0.05) is 5.88 Å². The first-order valence-electron chi connectivity index (χ1n) is 6.68. The highest BCUT2D eigenvalue weighted by Crippen LogP contribution is 2.59. The predicted molar refractivity (Wildman–Crippen MR) is 70.2 cm³/mol. The number of alkyl halides is 2. The lowest BCUT2D eigenvalue weighted by atomic mass is 9.56. The van der Waals surface area contributed by atoms with Gasteiger partial charge in [-0.1, -0.05) is 11.6 Å². The van der Waals surface area contributed by atoms with Crippen LogP contribution in [0.4, 0.5) is 0 Å². The van der Waals surface area contributed by atoms with Gasteiger partial charge in [0.15, 0.2) is 0 Å². The van der Waals surface area contributed by atoms with Crippen molar-refractivity contribution in [3.05, 3.63) is 11.6 Å². The minimum Gasteiger partial charge on any atom is -0.126 e. The lowest BCUT2D eigenvalue weighted by Crippen LogP contribution is -2.51. The van der Waals surface area contributed by atoms with Crippen molar-refractivity contribution in [3.63, 3.8) is 0 Å². The third-order valence-electron chi connectivity index (χ3n) is 4.94. The van der Waals surface area contributed by atoms with Crippen molar-refractivity contribution < 1.29 is 0 Å². The molecule has 0 aromatic rings. The molecule has 2 atom stereocenters. The average Bonchev–Trinajstić information content (AvgIpc) is 2.28. The summed E-state index contributed by atoms with van der Waals surface area (Å²) in [7, 11) is 0. The van der Waals surface area contributed by atoms with Crippen LogP contribution in [-0.2, 0) is 0 Å². The normalized spacial score (nSPS) is 47.1. The number of hydrogen-bond donors (Lipinski definition) is 0. The molecule has 0 heterocycles. The number of allylic oxidation sites excluding steroid dienone is 2. The van der Waals surface area contributed by atoms with Crippen molar-refractivity contribution in [1.29, 1.82) is 0 Å². The highest BCUT2D eigenvalue weighted by atomic mass is 35.5. The van der Waals surface area contributed by atoms with E-state index in [1.165, 1.54) is 44.9 Å². The number of halogens is 2. The highest BCUT2D eigenvalue weighted by Gasteiger charge is 2.53. The maximum Gasteiger partial charge on any atom is 0.0517 e. The Balaban J connectivity index is 1.82. The van der Waals surface area contributed by atoms with E-state index in [4.69, 9.17) is 23.2 Å². The molecule has 16 heavy (non-hydrogen) atoms. The molecule has 4 rings (SSSR count). The molecule has 0 aliphatic heterocycles. The molecule has 0 aromatic carbocycles. The quantitative estimate of drug-likeness (QED) is 0.496. The Morgan fingerprint density at radius 3 is 2.75 bits per heavy atom. The van der Waals surface area contributed by atoms with Crippen molar-refractivity contribution >= 4 is 23.2 Å². The molecule has 3 fully saturated rings. The topological polar surface area (TPSA) is 0 Å². The van der Waals surface area contributed by atoms with Gasteiger partial charge in [0.25, 0.3) is 0 Å². The van der Waals surface area contributed by atoms with Crippen LogP contribution >= 0.6 is 23.2 Å². The van der Waals surface area contributed by atoms with Crippen LogP contribution in [0.2, 0.25) is 0 Å². The van der Waals surface area contributed by atoms with Gasteiger partial charge < -0.3 is 0 Å². The zero-order valence-electron chi connectivity index (χ0n) is 9.72. The first-order chi connectivity index (χ1) is 7.73. The third-order valence-corrected chi connectivity index (χ3v) is 5.89. The van der Waals surface area contributed by atoms with Crippen LogP contribution in [0.15, 0.2) is 11.6 Å². The summed E-state index contributed by atoms with van der Waals surface area (Å²) in [5.41, 5.74) is 1.62. The van der Waals surface area contributed by atoms with Gasteiger partial charge in [-0.25, -0.2) is 0 Å². The molecule has 3 saturated carbocycles. The molecular weight excluding hydrogens is 239 g/mol. The zero-order chi connectivity index (χ0) is 11.2. The van der Waals surface area contributed by atoms with Crippen molar-refractivity contribution in [1.82, 2.24) is 0 Å². The smallest absolute Gasteiger partial charge is 0.0517 e. The molecule has 2 bridgehead atoms. The average molecular weight is 259 g/mol. The van der Waals surface area contributed by atoms with Crippen LogP contribution in [0.1, 0.15) is 44.9 Å². The summed E-state index contributed by atoms with van der Waals surface area (Å²) < 4.78 is 0. The van der Waals surface area contributed by atoms with E-state index in [2.05, 4.69) is 6.08 Å². The van der Waals surface area contributed by atoms with Crippen molar-refractivity contribution in [2.45, 2.75) is 49.8 Å². The van der Waals surface area contributed by atoms with Gasteiger partial charge in [-0.15, -0.1) is 23.2 Å². The summed E-state index contributed by atoms with van der Waals surface area (Å²) in [6.07, 6.45) is 11.5. The van der Waals surface area contributed by atoms with E-state index in [1.54, 1.807) is 5.57 Å². The van der Waals surface area contributed by atoms with Crippen LogP contribution in [-0.4, -0.2) is 10.8 Å². The first-order valence-corrected chi connectivity index (χ1v) is 7.59. The molecule has 4 aliphatic carbocycles. The third kappa shape index (κ3) is 1.73. The minimum atomic E-state index is 0.121. The summed E-state index contributed by atoms with van der Waals surface area (Å²) >= 11 is 12.9. The Labute approximate surface area is 108 Å². The Morgan fingerprint density at radius 1 is 1.25 bits per heavy atom. The van der Waals surface area contributed by atoms with Gasteiger partial charge in [0.05, 0.1) is 4.87 Å². The molecule has 4 aliphatic rings. The summed E-state index contributed by atoms with van der Waals surface area (Å²) in [5, 5.41) is 0. The summed E-state index contributed by atoms with van der Waals surface area (Å²) in [5.74, 6) is 2.99. The summed E-state index contributed by atoms with van der Waals surface area (Å²) in [6, 6.07) is 0. The van der Waals surface area contributed by atoms with Crippen LogP contribution in [0, 0.1) is 17.8 Å². The number of rotatable bonds is 2. The molecule has 0 N–H and O–H groups in total. The van der Waals surface area contributed by atoms with Crippen molar-refractivity contribution in [2.75, 3.05) is 5.88 Å². The molecule has 0 spiro atoms. The first kappa shape index (κ1) is 11.4. The van der Waals surface area contributed by atoms with E-state index in [1.807, 2.05) is 0 Å². The second-order valence-electron chi connectivity index (χ2n) is 5.93. The van der Waals surface area contributed by atoms with E-state index in [9.17, 15) is 0 Å². The van der Waals surface area contributed by atoms with Gasteiger partial charge in [0.2, 0.25) is 0 Å². The summed E-state index contributed by atoms with van der Waals surface area (Å²) in [6.45, 7) is 0. The molecule has 0 aromatic heterocycles. The lowest BCUT2D eigenvalue weighted by Gasteiger charge is -2.55. The molecule has 0 amide bonds. The fourth-order valence-corrected chi connectivity index (χ4v) is 5.08. The highest BCUT2D eigenvalue weighted by molar-refractivity contribution is 6.25. The SMILES string of the molecule is ClCC1CCCC=C1C1CCC2CC1(Cl)C2. The standard InChI is InChI=1S/C14H20Cl2/c15-9-11-3-1-2-4-12(11)13-6-5-10-7-14(13,16)8-10/h4,10-11,13H,1-3,5-9H2. The van der Waals surface area contributed by atoms with Gasteiger partial charge in [-0.3, -0.25) is 0 Å². The molecule has 0 saturated heterocycles. The Kier molecular flexibility index (Phi) is 3.00. The van der Waals surface area contributed by atoms with E-state index in [0.29, 0.717) is 11.8 Å². The fraction of sp³-hybridized carbons (Fsp3) is 0.857. The Bertz CT molecular complexity index is 302. The van der Waals surface area contributed by atoms with Gasteiger partial charge in [0.1, 0.15) is 0 Å². The van der Waals surface area contributed by atoms with Gasteiger partial charge in [-0.05, 0) is 62.7 Å². The van der Waals surface area contributed by atoms with Crippen molar-refractivity contribution in [2.24, 2.45) is 17.8 Å². The second kappa shape index (κ2) is 4.21. The summed E-state index contributed by atoms with van der Waals surface area (Å²) in [4.78, 5) is 0.121. The largest absolute Gasteiger partial charge is 0.126 e. The number of fused-ring (bicyclic) bond motifs is 2. The zero-order valence-corrected chi connectivity index (χ0v) is 11.2. The molecule has 2 unspecified atom stereocenters. The molecular formula is C14H20Cl2.